The van der Waals surface area contributed by atoms with Crippen LogP contribution in [0.1, 0.15) is 34.6 Å². The highest BCUT2D eigenvalue weighted by atomic mass is 16.5. The van der Waals surface area contributed by atoms with Gasteiger partial charge in [-0.1, -0.05) is 84.9 Å². The molecule has 1 aliphatic rings. The molecule has 0 aromatic heterocycles. The quantitative estimate of drug-likeness (QED) is 0.406. The van der Waals surface area contributed by atoms with Gasteiger partial charge in [0.2, 0.25) is 0 Å². The van der Waals surface area contributed by atoms with E-state index in [-0.39, 0.29) is 0 Å². The van der Waals surface area contributed by atoms with Gasteiger partial charge in [-0.05, 0) is 52.8 Å². The molecule has 2 nitrogen and oxygen atoms in total. The predicted molar refractivity (Wildman–Crippen MR) is 129 cm³/mol. The number of nitrogens with one attached hydrogen (secondary N) is 1. The summed E-state index contributed by atoms with van der Waals surface area (Å²) in [7, 11) is 1.75. The number of ether oxygens (including phenoxy) is 1. The molecule has 4 aromatic rings. The molecule has 5 rings (SSSR count). The molecule has 1 N–H and O–H groups in total. The highest BCUT2D eigenvalue weighted by molar-refractivity contribution is 5.83. The molecule has 4 aromatic carbocycles. The maximum absolute atomic E-state index is 5.56. The first-order valence-electron chi connectivity index (χ1n) is 11.2. The third-order valence-electron chi connectivity index (χ3n) is 6.68. The molecular formula is C29H29NO. The van der Waals surface area contributed by atoms with Crippen molar-refractivity contribution in [2.24, 2.45) is 0 Å². The van der Waals surface area contributed by atoms with Crippen LogP contribution in [-0.4, -0.2) is 13.2 Å². The van der Waals surface area contributed by atoms with Gasteiger partial charge in [-0.3, -0.25) is 0 Å². The lowest BCUT2D eigenvalue weighted by Gasteiger charge is -2.35. The molecule has 31 heavy (non-hydrogen) atoms. The van der Waals surface area contributed by atoms with Crippen LogP contribution in [0.2, 0.25) is 0 Å². The molecule has 2 atom stereocenters. The van der Waals surface area contributed by atoms with Crippen LogP contribution in [0, 0.1) is 0 Å². The van der Waals surface area contributed by atoms with Crippen LogP contribution >= 0.6 is 0 Å². The molecule has 0 amide bonds. The molecular weight excluding hydrogens is 378 g/mol. The van der Waals surface area contributed by atoms with E-state index in [1.807, 2.05) is 12.1 Å². The number of aryl methyl sites for hydroxylation is 1. The van der Waals surface area contributed by atoms with Crippen LogP contribution < -0.4 is 10.1 Å². The Balaban J connectivity index is 1.42. The van der Waals surface area contributed by atoms with Gasteiger partial charge in [-0.25, -0.2) is 0 Å². The van der Waals surface area contributed by atoms with Crippen LogP contribution in [0.4, 0.5) is 0 Å². The van der Waals surface area contributed by atoms with Crippen LogP contribution in [0.15, 0.2) is 91.0 Å². The lowest BCUT2D eigenvalue weighted by molar-refractivity contribution is 0.373. The van der Waals surface area contributed by atoms with E-state index < -0.39 is 0 Å². The number of hydrogen-bond acceptors (Lipinski definition) is 2. The lowest BCUT2D eigenvalue weighted by atomic mass is 9.76. The van der Waals surface area contributed by atoms with Crippen molar-refractivity contribution in [1.29, 1.82) is 0 Å². The van der Waals surface area contributed by atoms with Gasteiger partial charge in [0, 0.05) is 24.1 Å². The number of rotatable bonds is 6. The van der Waals surface area contributed by atoms with Crippen molar-refractivity contribution in [2.75, 3.05) is 7.11 Å². The molecule has 0 heterocycles. The smallest absolute Gasteiger partial charge is 0.123 e. The second kappa shape index (κ2) is 8.95. The standard InChI is InChI=1S/C29H29NO/c1-31-29-13-7-5-11-25(29)20-30-28-17-16-23-9-4-6-12-26(23)27(28)19-21-14-15-22-8-2-3-10-24(22)18-21/h2-15,18,27-28,30H,16-17,19-20H2,1H3/t27-,28+/m1/s1. The fraction of sp³-hybridized carbons (Fsp3) is 0.241. The number of hydrogen-bond donors (Lipinski definition) is 1. The second-order valence-corrected chi connectivity index (χ2v) is 8.53. The van der Waals surface area contributed by atoms with E-state index in [2.05, 4.69) is 84.2 Å². The Morgan fingerprint density at radius 3 is 2.52 bits per heavy atom. The third kappa shape index (κ3) is 4.22. The van der Waals surface area contributed by atoms with E-state index in [0.29, 0.717) is 12.0 Å². The monoisotopic (exact) mass is 407 g/mol. The van der Waals surface area contributed by atoms with Crippen molar-refractivity contribution in [2.45, 2.75) is 37.8 Å². The fourth-order valence-electron chi connectivity index (χ4n) is 5.06. The number of para-hydroxylation sites is 1. The van der Waals surface area contributed by atoms with Crippen LogP contribution in [0.25, 0.3) is 10.8 Å². The van der Waals surface area contributed by atoms with Gasteiger partial charge in [0.15, 0.2) is 0 Å². The van der Waals surface area contributed by atoms with Crippen molar-refractivity contribution < 1.29 is 4.74 Å². The van der Waals surface area contributed by atoms with E-state index >= 15 is 0 Å². The Morgan fingerprint density at radius 1 is 0.839 bits per heavy atom. The molecule has 0 fully saturated rings. The minimum Gasteiger partial charge on any atom is -0.496 e. The van der Waals surface area contributed by atoms with Gasteiger partial charge in [-0.15, -0.1) is 0 Å². The molecule has 0 radical (unpaired) electrons. The fourth-order valence-corrected chi connectivity index (χ4v) is 5.06. The third-order valence-corrected chi connectivity index (χ3v) is 6.68. The maximum atomic E-state index is 5.56. The zero-order chi connectivity index (χ0) is 21.0. The summed E-state index contributed by atoms with van der Waals surface area (Å²) in [5.41, 5.74) is 5.63. The van der Waals surface area contributed by atoms with Crippen LogP contribution in [0.3, 0.4) is 0 Å². The topological polar surface area (TPSA) is 21.3 Å². The summed E-state index contributed by atoms with van der Waals surface area (Å²) < 4.78 is 5.56. The van der Waals surface area contributed by atoms with E-state index in [4.69, 9.17) is 4.74 Å². The van der Waals surface area contributed by atoms with Gasteiger partial charge < -0.3 is 10.1 Å². The Labute approximate surface area is 184 Å². The van der Waals surface area contributed by atoms with Gasteiger partial charge in [0.25, 0.3) is 0 Å². The highest BCUT2D eigenvalue weighted by Gasteiger charge is 2.29. The number of benzene rings is 4. The lowest BCUT2D eigenvalue weighted by Crippen LogP contribution is -2.39. The van der Waals surface area contributed by atoms with E-state index in [1.54, 1.807) is 7.11 Å². The van der Waals surface area contributed by atoms with Crippen molar-refractivity contribution in [3.63, 3.8) is 0 Å². The molecule has 0 aliphatic heterocycles. The Kier molecular flexibility index (Phi) is 5.73. The maximum Gasteiger partial charge on any atom is 0.123 e. The van der Waals surface area contributed by atoms with Gasteiger partial charge in [0.05, 0.1) is 7.11 Å². The average Bonchev–Trinajstić information content (AvgIpc) is 2.83. The zero-order valence-corrected chi connectivity index (χ0v) is 18.1. The second-order valence-electron chi connectivity index (χ2n) is 8.53. The van der Waals surface area contributed by atoms with Gasteiger partial charge in [-0.2, -0.15) is 0 Å². The average molecular weight is 408 g/mol. The predicted octanol–water partition coefficient (Wildman–Crippen LogP) is 6.28. The Morgan fingerprint density at radius 2 is 1.61 bits per heavy atom. The largest absolute Gasteiger partial charge is 0.496 e. The van der Waals surface area contributed by atoms with E-state index in [0.717, 1.165) is 31.6 Å². The summed E-state index contributed by atoms with van der Waals surface area (Å²) in [6.07, 6.45) is 3.34. The molecule has 1 aliphatic carbocycles. The molecule has 0 spiro atoms. The van der Waals surface area contributed by atoms with Crippen LogP contribution in [-0.2, 0) is 19.4 Å². The summed E-state index contributed by atoms with van der Waals surface area (Å²) >= 11 is 0. The van der Waals surface area contributed by atoms with Crippen molar-refractivity contribution in [1.82, 2.24) is 5.32 Å². The molecule has 0 bridgehead atoms. The first kappa shape index (κ1) is 19.8. The summed E-state index contributed by atoms with van der Waals surface area (Å²) in [6, 6.07) is 33.3. The van der Waals surface area contributed by atoms with Crippen LogP contribution in [0.5, 0.6) is 5.75 Å². The van der Waals surface area contributed by atoms with Gasteiger partial charge in [0.1, 0.15) is 5.75 Å². The van der Waals surface area contributed by atoms with Crippen molar-refractivity contribution >= 4 is 10.8 Å². The zero-order valence-electron chi connectivity index (χ0n) is 18.1. The Bertz CT molecular complexity index is 1180. The minimum atomic E-state index is 0.436. The minimum absolute atomic E-state index is 0.436. The van der Waals surface area contributed by atoms with Gasteiger partial charge >= 0.3 is 0 Å². The molecule has 2 heteroatoms. The first-order chi connectivity index (χ1) is 15.3. The van der Waals surface area contributed by atoms with E-state index in [1.165, 1.54) is 33.0 Å². The SMILES string of the molecule is COc1ccccc1CN[C@H]1CCc2ccccc2[C@H]1Cc1ccc2ccccc2c1. The summed E-state index contributed by atoms with van der Waals surface area (Å²) in [5.74, 6) is 1.41. The Hall–Kier alpha value is -3.10. The van der Waals surface area contributed by atoms with Crippen molar-refractivity contribution in [3.8, 4) is 5.75 Å². The molecule has 0 saturated carbocycles. The molecule has 156 valence electrons. The normalized spacial score (nSPS) is 18.0. The summed E-state index contributed by atoms with van der Waals surface area (Å²) in [6.45, 7) is 0.824. The summed E-state index contributed by atoms with van der Waals surface area (Å²) in [4.78, 5) is 0. The highest BCUT2D eigenvalue weighted by Crippen LogP contribution is 2.35. The molecule has 0 saturated heterocycles. The number of fused-ring (bicyclic) bond motifs is 2. The van der Waals surface area contributed by atoms with Crippen molar-refractivity contribution in [3.05, 3.63) is 113 Å². The van der Waals surface area contributed by atoms with E-state index in [9.17, 15) is 0 Å². The summed E-state index contributed by atoms with van der Waals surface area (Å²) in [5, 5.41) is 6.51. The first-order valence-corrected chi connectivity index (χ1v) is 11.2. The number of methoxy groups -OCH3 is 1. The molecule has 0 unspecified atom stereocenters.